The number of halogens is 1. The molecule has 0 saturated carbocycles. The molecule has 0 saturated heterocycles. The molecule has 1 aliphatic rings. The molecule has 3 heterocycles. The molecule has 0 atom stereocenters. The van der Waals surface area contributed by atoms with Gasteiger partial charge in [-0.15, -0.1) is 0 Å². The maximum Gasteiger partial charge on any atom is 0.142 e. The molecule has 6 heteroatoms. The van der Waals surface area contributed by atoms with Gasteiger partial charge in [0, 0.05) is 49.7 Å². The number of nitrogens with two attached hydrogens (primary N) is 1. The van der Waals surface area contributed by atoms with Gasteiger partial charge in [-0.2, -0.15) is 5.26 Å². The summed E-state index contributed by atoms with van der Waals surface area (Å²) < 4.78 is 14.3. The first-order valence-corrected chi connectivity index (χ1v) is 9.16. The van der Waals surface area contributed by atoms with Crippen molar-refractivity contribution in [3.8, 4) is 17.2 Å². The summed E-state index contributed by atoms with van der Waals surface area (Å²) in [5.41, 5.74) is 11.3. The molecule has 2 aromatic heterocycles. The van der Waals surface area contributed by atoms with E-state index in [9.17, 15) is 9.65 Å². The third kappa shape index (κ3) is 3.32. The van der Waals surface area contributed by atoms with Crippen LogP contribution in [0.2, 0.25) is 0 Å². The van der Waals surface area contributed by atoms with Crippen molar-refractivity contribution in [3.05, 3.63) is 76.5 Å². The van der Waals surface area contributed by atoms with Crippen LogP contribution >= 0.6 is 0 Å². The second-order valence-corrected chi connectivity index (χ2v) is 7.07. The smallest absolute Gasteiger partial charge is 0.142 e. The molecule has 2 N–H and O–H groups in total. The van der Waals surface area contributed by atoms with Gasteiger partial charge in [-0.25, -0.2) is 9.37 Å². The number of nitrogens with zero attached hydrogens (tertiary/aromatic N) is 4. The number of anilines is 1. The van der Waals surface area contributed by atoms with Gasteiger partial charge in [0.2, 0.25) is 0 Å². The Bertz CT molecular complexity index is 1070. The zero-order valence-electron chi connectivity index (χ0n) is 15.6. The molecule has 1 aromatic carbocycles. The quantitative estimate of drug-likeness (QED) is 0.759. The fourth-order valence-corrected chi connectivity index (χ4v) is 3.70. The zero-order chi connectivity index (χ0) is 19.7. The van der Waals surface area contributed by atoms with Gasteiger partial charge < -0.3 is 5.73 Å². The van der Waals surface area contributed by atoms with E-state index in [-0.39, 0.29) is 11.6 Å². The molecule has 0 unspecified atom stereocenters. The van der Waals surface area contributed by atoms with Crippen LogP contribution < -0.4 is 5.73 Å². The fourth-order valence-electron chi connectivity index (χ4n) is 3.70. The first-order valence-electron chi connectivity index (χ1n) is 9.16. The van der Waals surface area contributed by atoms with Gasteiger partial charge in [0.25, 0.3) is 0 Å². The van der Waals surface area contributed by atoms with Crippen LogP contribution in [0.15, 0.2) is 42.7 Å². The van der Waals surface area contributed by atoms with Crippen molar-refractivity contribution in [2.75, 3.05) is 12.3 Å². The van der Waals surface area contributed by atoms with Crippen LogP contribution in [-0.4, -0.2) is 21.4 Å². The Kier molecular flexibility index (Phi) is 4.76. The predicted molar refractivity (Wildman–Crippen MR) is 106 cm³/mol. The minimum atomic E-state index is -0.298. The van der Waals surface area contributed by atoms with Gasteiger partial charge in [0.15, 0.2) is 0 Å². The number of nitriles is 1. The minimum Gasteiger partial charge on any atom is -0.383 e. The number of nitrogen functional groups attached to an aromatic ring is 1. The Morgan fingerprint density at radius 3 is 2.89 bits per heavy atom. The number of hydrogen-bond acceptors (Lipinski definition) is 5. The fraction of sp³-hybridized carbons (Fsp3) is 0.227. The summed E-state index contributed by atoms with van der Waals surface area (Å²) in [6, 6.07) is 11.2. The van der Waals surface area contributed by atoms with E-state index in [0.29, 0.717) is 28.8 Å². The molecule has 1 aliphatic heterocycles. The molecule has 4 rings (SSSR count). The zero-order valence-corrected chi connectivity index (χ0v) is 15.6. The van der Waals surface area contributed by atoms with Gasteiger partial charge in [-0.1, -0.05) is 18.2 Å². The predicted octanol–water partition coefficient (Wildman–Crippen LogP) is 3.60. The molecule has 3 aromatic rings. The van der Waals surface area contributed by atoms with E-state index in [1.807, 2.05) is 24.4 Å². The monoisotopic (exact) mass is 373 g/mol. The third-order valence-electron chi connectivity index (χ3n) is 5.16. The van der Waals surface area contributed by atoms with Crippen molar-refractivity contribution in [2.24, 2.45) is 0 Å². The number of aromatic nitrogens is 2. The minimum absolute atomic E-state index is 0.206. The standard InChI is InChI=1S/C22H20FN5/c1-14-4-5-16(9-19(14)23)21-17(10-24)22(25)27-20-6-8-28(13-18(20)21)12-15-3-2-7-26-11-15/h2-5,7,9,11H,6,8,12-13H2,1H3,(H2,25,27). The van der Waals surface area contributed by atoms with E-state index < -0.39 is 0 Å². The molecule has 0 bridgehead atoms. The summed E-state index contributed by atoms with van der Waals surface area (Å²) in [5.74, 6) is -0.0912. The Morgan fingerprint density at radius 1 is 1.32 bits per heavy atom. The summed E-state index contributed by atoms with van der Waals surface area (Å²) >= 11 is 0. The van der Waals surface area contributed by atoms with Gasteiger partial charge in [0.05, 0.1) is 0 Å². The normalized spacial score (nSPS) is 13.8. The van der Waals surface area contributed by atoms with Gasteiger partial charge in [0.1, 0.15) is 23.3 Å². The highest BCUT2D eigenvalue weighted by Crippen LogP contribution is 2.36. The molecular weight excluding hydrogens is 353 g/mol. The summed E-state index contributed by atoms with van der Waals surface area (Å²) in [5, 5.41) is 9.70. The van der Waals surface area contributed by atoms with Crippen LogP contribution in [0.4, 0.5) is 10.2 Å². The first kappa shape index (κ1) is 18.1. The number of rotatable bonds is 3. The van der Waals surface area contributed by atoms with E-state index in [1.165, 1.54) is 6.07 Å². The summed E-state index contributed by atoms with van der Waals surface area (Å²) in [6.07, 6.45) is 4.34. The number of benzene rings is 1. The summed E-state index contributed by atoms with van der Waals surface area (Å²) in [4.78, 5) is 10.9. The summed E-state index contributed by atoms with van der Waals surface area (Å²) in [6.45, 7) is 3.93. The Balaban J connectivity index is 1.79. The number of pyridine rings is 2. The van der Waals surface area contributed by atoms with Crippen LogP contribution in [-0.2, 0) is 19.5 Å². The molecule has 0 aliphatic carbocycles. The highest BCUT2D eigenvalue weighted by molar-refractivity contribution is 5.79. The van der Waals surface area contributed by atoms with Crippen LogP contribution in [0.25, 0.3) is 11.1 Å². The average Bonchev–Trinajstić information content (AvgIpc) is 2.70. The van der Waals surface area contributed by atoms with Gasteiger partial charge >= 0.3 is 0 Å². The van der Waals surface area contributed by atoms with Crippen LogP contribution in [0.1, 0.15) is 27.9 Å². The maximum absolute atomic E-state index is 14.3. The number of hydrogen-bond donors (Lipinski definition) is 1. The van der Waals surface area contributed by atoms with Crippen molar-refractivity contribution in [2.45, 2.75) is 26.4 Å². The first-order chi connectivity index (χ1) is 13.6. The molecule has 0 fully saturated rings. The van der Waals surface area contributed by atoms with Crippen LogP contribution in [0.3, 0.4) is 0 Å². The van der Waals surface area contributed by atoms with Crippen molar-refractivity contribution >= 4 is 5.82 Å². The lowest BCUT2D eigenvalue weighted by Crippen LogP contribution is -2.31. The molecule has 0 spiro atoms. The summed E-state index contributed by atoms with van der Waals surface area (Å²) in [7, 11) is 0. The molecule has 0 amide bonds. The largest absolute Gasteiger partial charge is 0.383 e. The highest BCUT2D eigenvalue weighted by atomic mass is 19.1. The lowest BCUT2D eigenvalue weighted by molar-refractivity contribution is 0.243. The van der Waals surface area contributed by atoms with E-state index in [0.717, 1.165) is 36.3 Å². The molecular formula is C22H20FN5. The van der Waals surface area contributed by atoms with Crippen molar-refractivity contribution in [1.82, 2.24) is 14.9 Å². The molecule has 140 valence electrons. The van der Waals surface area contributed by atoms with Crippen molar-refractivity contribution in [3.63, 3.8) is 0 Å². The Morgan fingerprint density at radius 2 is 2.18 bits per heavy atom. The lowest BCUT2D eigenvalue weighted by Gasteiger charge is -2.30. The van der Waals surface area contributed by atoms with Crippen LogP contribution in [0.5, 0.6) is 0 Å². The Hall–Kier alpha value is -3.30. The number of fused-ring (bicyclic) bond motifs is 1. The SMILES string of the molecule is Cc1ccc(-c2c(C#N)c(N)nc3c2CN(Cc2cccnc2)CC3)cc1F. The Labute approximate surface area is 163 Å². The number of aryl methyl sites for hydroxylation is 1. The highest BCUT2D eigenvalue weighted by Gasteiger charge is 2.25. The van der Waals surface area contributed by atoms with Crippen molar-refractivity contribution < 1.29 is 4.39 Å². The van der Waals surface area contributed by atoms with E-state index in [4.69, 9.17) is 5.73 Å². The van der Waals surface area contributed by atoms with Crippen LogP contribution in [0, 0.1) is 24.1 Å². The van der Waals surface area contributed by atoms with Gasteiger partial charge in [-0.05, 0) is 41.3 Å². The van der Waals surface area contributed by atoms with E-state index in [1.54, 1.807) is 19.2 Å². The average molecular weight is 373 g/mol. The molecule has 0 radical (unpaired) electrons. The van der Waals surface area contributed by atoms with Gasteiger partial charge in [-0.3, -0.25) is 9.88 Å². The topological polar surface area (TPSA) is 78.8 Å². The molecule has 28 heavy (non-hydrogen) atoms. The second-order valence-electron chi connectivity index (χ2n) is 7.07. The van der Waals surface area contributed by atoms with E-state index >= 15 is 0 Å². The lowest BCUT2D eigenvalue weighted by atomic mass is 9.90. The maximum atomic E-state index is 14.3. The third-order valence-corrected chi connectivity index (χ3v) is 5.16. The van der Waals surface area contributed by atoms with Crippen molar-refractivity contribution in [1.29, 1.82) is 5.26 Å². The second kappa shape index (κ2) is 7.37. The van der Waals surface area contributed by atoms with E-state index in [2.05, 4.69) is 20.9 Å². The molecule has 5 nitrogen and oxygen atoms in total.